The van der Waals surface area contributed by atoms with Crippen LogP contribution in [0.1, 0.15) is 31.2 Å². The van der Waals surface area contributed by atoms with Gasteiger partial charge in [0.2, 0.25) is 15.9 Å². The Morgan fingerprint density at radius 3 is 2.60 bits per heavy atom. The topological polar surface area (TPSA) is 92.5 Å². The molecule has 9 heteroatoms. The second-order valence-corrected chi connectivity index (χ2v) is 7.91. The lowest BCUT2D eigenvalue weighted by Gasteiger charge is -2.34. The van der Waals surface area contributed by atoms with Gasteiger partial charge in [0.15, 0.2) is 0 Å². The van der Waals surface area contributed by atoms with Crippen molar-refractivity contribution in [1.29, 1.82) is 0 Å². The molecule has 0 aromatic heterocycles. The Kier molecular flexibility index (Phi) is 8.78. The largest absolute Gasteiger partial charge is 0.354 e. The van der Waals surface area contributed by atoms with Crippen LogP contribution < -0.4 is 11.1 Å². The van der Waals surface area contributed by atoms with E-state index in [9.17, 15) is 17.6 Å². The fourth-order valence-corrected chi connectivity index (χ4v) is 4.69. The number of hydrogen-bond acceptors (Lipinski definition) is 4. The third-order valence-electron chi connectivity index (χ3n) is 4.10. The molecule has 1 aromatic carbocycles. The molecular weight excluding hydrogens is 369 g/mol. The highest BCUT2D eigenvalue weighted by Crippen LogP contribution is 2.22. The molecule has 25 heavy (non-hydrogen) atoms. The molecule has 1 heterocycles. The van der Waals surface area contributed by atoms with E-state index < -0.39 is 15.8 Å². The maximum Gasteiger partial charge on any atom is 0.221 e. The van der Waals surface area contributed by atoms with Crippen LogP contribution >= 0.6 is 12.4 Å². The molecule has 1 amide bonds. The first kappa shape index (κ1) is 21.8. The fourth-order valence-electron chi connectivity index (χ4n) is 2.87. The van der Waals surface area contributed by atoms with Crippen LogP contribution in [0.4, 0.5) is 4.39 Å². The van der Waals surface area contributed by atoms with Crippen molar-refractivity contribution < 1.29 is 17.6 Å². The van der Waals surface area contributed by atoms with Crippen molar-refractivity contribution in [3.8, 4) is 0 Å². The molecule has 2 rings (SSSR count). The lowest BCUT2D eigenvalue weighted by atomic mass is 10.1. The number of nitrogens with one attached hydrogen (secondary N) is 1. The van der Waals surface area contributed by atoms with E-state index in [4.69, 9.17) is 5.73 Å². The van der Waals surface area contributed by atoms with Crippen LogP contribution in [-0.4, -0.2) is 44.3 Å². The molecule has 1 aromatic rings. The Labute approximate surface area is 154 Å². The molecule has 0 radical (unpaired) electrons. The minimum Gasteiger partial charge on any atom is -0.354 e. The molecule has 142 valence electrons. The second kappa shape index (κ2) is 10.1. The van der Waals surface area contributed by atoms with Gasteiger partial charge >= 0.3 is 0 Å². The third-order valence-corrected chi connectivity index (χ3v) is 5.99. The summed E-state index contributed by atoms with van der Waals surface area (Å²) in [7, 11) is -3.52. The normalized spacial score (nSPS) is 18.4. The first-order chi connectivity index (χ1) is 11.4. The van der Waals surface area contributed by atoms with Gasteiger partial charge in [0.05, 0.1) is 5.75 Å². The van der Waals surface area contributed by atoms with Crippen LogP contribution in [0.3, 0.4) is 0 Å². The predicted molar refractivity (Wildman–Crippen MR) is 97.3 cm³/mol. The molecule has 0 aliphatic carbocycles. The smallest absolute Gasteiger partial charge is 0.221 e. The van der Waals surface area contributed by atoms with Crippen molar-refractivity contribution in [1.82, 2.24) is 9.62 Å². The van der Waals surface area contributed by atoms with E-state index in [1.54, 1.807) is 0 Å². The molecule has 1 aliphatic heterocycles. The number of benzene rings is 1. The minimum absolute atomic E-state index is 0. The van der Waals surface area contributed by atoms with Gasteiger partial charge in [0, 0.05) is 32.1 Å². The molecular formula is C16H25ClFN3O3S. The van der Waals surface area contributed by atoms with Gasteiger partial charge in [-0.15, -0.1) is 12.4 Å². The van der Waals surface area contributed by atoms with Gasteiger partial charge in [-0.2, -0.15) is 4.31 Å². The molecule has 1 saturated heterocycles. The molecule has 6 nitrogen and oxygen atoms in total. The number of nitrogens with two attached hydrogens (primary N) is 1. The van der Waals surface area contributed by atoms with Crippen LogP contribution in [0.2, 0.25) is 0 Å². The Morgan fingerprint density at radius 1 is 1.28 bits per heavy atom. The highest BCUT2D eigenvalue weighted by Gasteiger charge is 2.32. The van der Waals surface area contributed by atoms with Gasteiger partial charge in [0.1, 0.15) is 5.82 Å². The Morgan fingerprint density at radius 2 is 1.96 bits per heavy atom. The SMILES string of the molecule is Cl.NCCC(=O)NCC1CCCCN1S(=O)(=O)Cc1ccc(F)cc1. The van der Waals surface area contributed by atoms with Crippen molar-refractivity contribution in [2.24, 2.45) is 5.73 Å². The number of nitrogens with zero attached hydrogens (tertiary/aromatic N) is 1. The van der Waals surface area contributed by atoms with E-state index in [0.29, 0.717) is 25.1 Å². The molecule has 0 saturated carbocycles. The predicted octanol–water partition coefficient (Wildman–Crippen LogP) is 1.40. The Hall–Kier alpha value is -1.22. The number of sulfonamides is 1. The first-order valence-electron chi connectivity index (χ1n) is 8.13. The van der Waals surface area contributed by atoms with E-state index in [1.165, 1.54) is 28.6 Å². The summed E-state index contributed by atoms with van der Waals surface area (Å²) in [5.74, 6) is -0.728. The monoisotopic (exact) mass is 393 g/mol. The molecule has 3 N–H and O–H groups in total. The van der Waals surface area contributed by atoms with Crippen molar-refractivity contribution in [3.05, 3.63) is 35.6 Å². The van der Waals surface area contributed by atoms with Gasteiger partial charge in [0.25, 0.3) is 0 Å². The summed E-state index contributed by atoms with van der Waals surface area (Å²) < 4.78 is 39.9. The third kappa shape index (κ3) is 6.54. The molecule has 1 aliphatic rings. The van der Waals surface area contributed by atoms with E-state index in [0.717, 1.165) is 12.8 Å². The van der Waals surface area contributed by atoms with E-state index in [2.05, 4.69) is 5.32 Å². The van der Waals surface area contributed by atoms with Crippen LogP contribution in [-0.2, 0) is 20.6 Å². The first-order valence-corrected chi connectivity index (χ1v) is 9.74. The molecule has 1 atom stereocenters. The quantitative estimate of drug-likeness (QED) is 0.732. The van der Waals surface area contributed by atoms with Crippen LogP contribution in [0.5, 0.6) is 0 Å². The zero-order chi connectivity index (χ0) is 17.6. The summed E-state index contributed by atoms with van der Waals surface area (Å²) in [6.07, 6.45) is 2.68. The van der Waals surface area contributed by atoms with Gasteiger partial charge in [-0.1, -0.05) is 18.6 Å². The molecule has 1 fully saturated rings. The average molecular weight is 394 g/mol. The zero-order valence-corrected chi connectivity index (χ0v) is 15.6. The highest BCUT2D eigenvalue weighted by atomic mass is 35.5. The average Bonchev–Trinajstić information content (AvgIpc) is 2.55. The van der Waals surface area contributed by atoms with E-state index in [-0.39, 0.29) is 43.1 Å². The Bertz CT molecular complexity index is 655. The van der Waals surface area contributed by atoms with Gasteiger partial charge in [-0.25, -0.2) is 12.8 Å². The lowest BCUT2D eigenvalue weighted by Crippen LogP contribution is -2.49. The van der Waals surface area contributed by atoms with Gasteiger partial charge < -0.3 is 11.1 Å². The number of halogens is 2. The van der Waals surface area contributed by atoms with Crippen molar-refractivity contribution >= 4 is 28.3 Å². The van der Waals surface area contributed by atoms with Gasteiger partial charge in [-0.05, 0) is 30.5 Å². The summed E-state index contributed by atoms with van der Waals surface area (Å²) >= 11 is 0. The summed E-state index contributed by atoms with van der Waals surface area (Å²) in [6.45, 7) is 1.01. The Balaban J connectivity index is 0.00000312. The standard InChI is InChI=1S/C16H24FN3O3S.ClH/c17-14-6-4-13(5-7-14)12-24(22,23)20-10-2-1-3-15(20)11-19-16(21)8-9-18;/h4-7,15H,1-3,8-12,18H2,(H,19,21);1H. The van der Waals surface area contributed by atoms with E-state index >= 15 is 0 Å². The zero-order valence-electron chi connectivity index (χ0n) is 14.0. The van der Waals surface area contributed by atoms with Crippen molar-refractivity contribution in [2.75, 3.05) is 19.6 Å². The van der Waals surface area contributed by atoms with Crippen molar-refractivity contribution in [2.45, 2.75) is 37.5 Å². The molecule has 0 bridgehead atoms. The number of carbonyl (C=O) groups excluding carboxylic acids is 1. The molecule has 1 unspecified atom stereocenters. The summed E-state index contributed by atoms with van der Waals surface area (Å²) in [5.41, 5.74) is 5.89. The van der Waals surface area contributed by atoms with Crippen LogP contribution in [0, 0.1) is 5.82 Å². The summed E-state index contributed by atoms with van der Waals surface area (Å²) in [4.78, 5) is 11.6. The minimum atomic E-state index is -3.52. The van der Waals surface area contributed by atoms with Crippen LogP contribution in [0.25, 0.3) is 0 Å². The number of hydrogen-bond donors (Lipinski definition) is 2. The van der Waals surface area contributed by atoms with Gasteiger partial charge in [-0.3, -0.25) is 4.79 Å². The molecule has 0 spiro atoms. The van der Waals surface area contributed by atoms with Crippen molar-refractivity contribution in [3.63, 3.8) is 0 Å². The maximum absolute atomic E-state index is 13.0. The number of rotatable bonds is 7. The number of piperidine rings is 1. The fraction of sp³-hybridized carbons (Fsp3) is 0.562. The van der Waals surface area contributed by atoms with E-state index in [1.807, 2.05) is 0 Å². The number of amides is 1. The number of carbonyl (C=O) groups is 1. The maximum atomic E-state index is 13.0. The summed E-state index contributed by atoms with van der Waals surface area (Å²) in [6, 6.07) is 5.23. The van der Waals surface area contributed by atoms with Crippen LogP contribution in [0.15, 0.2) is 24.3 Å². The lowest BCUT2D eigenvalue weighted by molar-refractivity contribution is -0.121. The highest BCUT2D eigenvalue weighted by molar-refractivity contribution is 7.88. The summed E-state index contributed by atoms with van der Waals surface area (Å²) in [5, 5.41) is 2.75. The second-order valence-electron chi connectivity index (χ2n) is 5.99.